The van der Waals surface area contributed by atoms with Crippen molar-refractivity contribution in [3.8, 4) is 0 Å². The first-order chi connectivity index (χ1) is 9.74. The van der Waals surface area contributed by atoms with Crippen molar-refractivity contribution in [3.63, 3.8) is 0 Å². The number of nitrogens with zero attached hydrogens (tertiary/aromatic N) is 2. The van der Waals surface area contributed by atoms with Gasteiger partial charge in [0.25, 0.3) is 0 Å². The number of aliphatic carboxylic acids is 1. The topological polar surface area (TPSA) is 43.8 Å². The largest absolute Gasteiger partial charge is 0.481 e. The molecule has 0 aliphatic carbocycles. The van der Waals surface area contributed by atoms with Gasteiger partial charge in [-0.2, -0.15) is 0 Å². The van der Waals surface area contributed by atoms with Crippen LogP contribution in [-0.4, -0.2) is 40.7 Å². The van der Waals surface area contributed by atoms with Crippen LogP contribution in [0.4, 0.5) is 0 Å². The third-order valence-electron chi connectivity index (χ3n) is 4.56. The summed E-state index contributed by atoms with van der Waals surface area (Å²) in [5.74, 6) is -0.784. The zero-order valence-corrected chi connectivity index (χ0v) is 11.8. The Bertz CT molecular complexity index is 489. The Labute approximate surface area is 120 Å². The van der Waals surface area contributed by atoms with E-state index in [0.29, 0.717) is 0 Å². The predicted octanol–water partition coefficient (Wildman–Crippen LogP) is 2.15. The van der Waals surface area contributed by atoms with Gasteiger partial charge in [0, 0.05) is 26.2 Å². The molecule has 4 nitrogen and oxygen atoms in total. The highest BCUT2D eigenvalue weighted by Gasteiger charge is 2.26. The molecule has 0 saturated carbocycles. The molecule has 0 amide bonds. The fourth-order valence-electron chi connectivity index (χ4n) is 3.33. The van der Waals surface area contributed by atoms with Crippen molar-refractivity contribution >= 4 is 5.97 Å². The smallest absolute Gasteiger partial charge is 0.306 e. The van der Waals surface area contributed by atoms with Crippen molar-refractivity contribution < 1.29 is 9.90 Å². The molecule has 1 atom stereocenters. The summed E-state index contributed by atoms with van der Waals surface area (Å²) in [5.41, 5.74) is 2.87. The van der Waals surface area contributed by atoms with Crippen molar-refractivity contribution in [2.45, 2.75) is 32.2 Å². The standard InChI is InChI=1S/C16H22N2O2/c19-16(20)14-6-3-9-17(10-8-14)18-11-7-13-4-1-2-5-15(13)12-18/h1-2,4-5,14H,3,6-12H2,(H,19,20). The van der Waals surface area contributed by atoms with Crippen LogP contribution in [0.5, 0.6) is 0 Å². The Morgan fingerprint density at radius 3 is 2.65 bits per heavy atom. The van der Waals surface area contributed by atoms with Gasteiger partial charge in [0.2, 0.25) is 0 Å². The van der Waals surface area contributed by atoms with Crippen LogP contribution in [0.2, 0.25) is 0 Å². The molecule has 1 fully saturated rings. The minimum atomic E-state index is -0.629. The van der Waals surface area contributed by atoms with Crippen LogP contribution in [0.15, 0.2) is 24.3 Å². The minimum absolute atomic E-state index is 0.155. The molecular weight excluding hydrogens is 252 g/mol. The summed E-state index contributed by atoms with van der Waals surface area (Å²) in [4.78, 5) is 11.1. The third kappa shape index (κ3) is 2.86. The first kappa shape index (κ1) is 13.6. The number of carboxylic acids is 1. The monoisotopic (exact) mass is 274 g/mol. The summed E-state index contributed by atoms with van der Waals surface area (Å²) >= 11 is 0. The van der Waals surface area contributed by atoms with Crippen LogP contribution < -0.4 is 0 Å². The lowest BCUT2D eigenvalue weighted by molar-refractivity contribution is -0.142. The lowest BCUT2D eigenvalue weighted by Gasteiger charge is -2.37. The fourth-order valence-corrected chi connectivity index (χ4v) is 3.33. The second kappa shape index (κ2) is 5.94. The molecule has 1 aromatic rings. The minimum Gasteiger partial charge on any atom is -0.481 e. The molecule has 3 rings (SSSR count). The van der Waals surface area contributed by atoms with E-state index < -0.39 is 5.97 Å². The molecular formula is C16H22N2O2. The van der Waals surface area contributed by atoms with Gasteiger partial charge in [0.05, 0.1) is 5.92 Å². The van der Waals surface area contributed by atoms with E-state index in [1.54, 1.807) is 0 Å². The summed E-state index contributed by atoms with van der Waals surface area (Å²) in [6.45, 7) is 3.88. The van der Waals surface area contributed by atoms with E-state index in [9.17, 15) is 4.79 Å². The molecule has 1 N–H and O–H groups in total. The first-order valence-corrected chi connectivity index (χ1v) is 7.53. The summed E-state index contributed by atoms with van der Waals surface area (Å²) < 4.78 is 0. The van der Waals surface area contributed by atoms with E-state index in [1.807, 2.05) is 0 Å². The Hall–Kier alpha value is -1.39. The average molecular weight is 274 g/mol. The molecule has 20 heavy (non-hydrogen) atoms. The van der Waals surface area contributed by atoms with Gasteiger partial charge < -0.3 is 5.11 Å². The molecule has 0 radical (unpaired) electrons. The lowest BCUT2D eigenvalue weighted by Crippen LogP contribution is -2.45. The summed E-state index contributed by atoms with van der Waals surface area (Å²) in [5, 5.41) is 13.9. The summed E-state index contributed by atoms with van der Waals surface area (Å²) in [6, 6.07) is 8.64. The van der Waals surface area contributed by atoms with E-state index in [2.05, 4.69) is 34.3 Å². The number of carbonyl (C=O) groups is 1. The van der Waals surface area contributed by atoms with E-state index in [1.165, 1.54) is 11.1 Å². The molecule has 0 spiro atoms. The van der Waals surface area contributed by atoms with Crippen LogP contribution in [0.25, 0.3) is 0 Å². The Kier molecular flexibility index (Phi) is 4.03. The maximum atomic E-state index is 11.1. The van der Waals surface area contributed by atoms with Crippen molar-refractivity contribution in [1.82, 2.24) is 10.0 Å². The van der Waals surface area contributed by atoms with Gasteiger partial charge in [-0.1, -0.05) is 24.3 Å². The van der Waals surface area contributed by atoms with E-state index in [4.69, 9.17) is 5.11 Å². The van der Waals surface area contributed by atoms with Crippen molar-refractivity contribution in [2.24, 2.45) is 5.92 Å². The number of hydrazine groups is 1. The van der Waals surface area contributed by atoms with Crippen LogP contribution in [0.1, 0.15) is 30.4 Å². The Balaban J connectivity index is 1.65. The number of carboxylic acid groups (broad SMARTS) is 1. The quantitative estimate of drug-likeness (QED) is 0.897. The first-order valence-electron chi connectivity index (χ1n) is 7.53. The van der Waals surface area contributed by atoms with E-state index in [-0.39, 0.29) is 5.92 Å². The van der Waals surface area contributed by atoms with Crippen molar-refractivity contribution in [2.75, 3.05) is 19.6 Å². The second-order valence-corrected chi connectivity index (χ2v) is 5.83. The molecule has 4 heteroatoms. The van der Waals surface area contributed by atoms with Crippen LogP contribution in [0.3, 0.4) is 0 Å². The maximum Gasteiger partial charge on any atom is 0.306 e. The SMILES string of the molecule is O=C(O)C1CCCN(N2CCc3ccccc3C2)CC1. The number of benzene rings is 1. The molecule has 1 aromatic carbocycles. The van der Waals surface area contributed by atoms with Crippen LogP contribution >= 0.6 is 0 Å². The average Bonchev–Trinajstić information content (AvgIpc) is 2.73. The molecule has 2 heterocycles. The van der Waals surface area contributed by atoms with E-state index in [0.717, 1.165) is 51.9 Å². The molecule has 0 aromatic heterocycles. The lowest BCUT2D eigenvalue weighted by atomic mass is 10.0. The van der Waals surface area contributed by atoms with Gasteiger partial charge in [-0.3, -0.25) is 4.79 Å². The van der Waals surface area contributed by atoms with E-state index >= 15 is 0 Å². The molecule has 108 valence electrons. The molecule has 1 unspecified atom stereocenters. The molecule has 2 aliphatic heterocycles. The highest BCUT2D eigenvalue weighted by Crippen LogP contribution is 2.23. The Morgan fingerprint density at radius 2 is 1.85 bits per heavy atom. The molecule has 2 aliphatic rings. The highest BCUT2D eigenvalue weighted by atomic mass is 16.4. The fraction of sp³-hybridized carbons (Fsp3) is 0.562. The van der Waals surface area contributed by atoms with Crippen molar-refractivity contribution in [1.29, 1.82) is 0 Å². The van der Waals surface area contributed by atoms with Gasteiger partial charge in [0.1, 0.15) is 0 Å². The second-order valence-electron chi connectivity index (χ2n) is 5.83. The van der Waals surface area contributed by atoms with Gasteiger partial charge in [-0.05, 0) is 36.8 Å². The third-order valence-corrected chi connectivity index (χ3v) is 4.56. The van der Waals surface area contributed by atoms with Crippen LogP contribution in [-0.2, 0) is 17.8 Å². The normalized spacial score (nSPS) is 24.9. The summed E-state index contributed by atoms with van der Waals surface area (Å²) in [7, 11) is 0. The van der Waals surface area contributed by atoms with Gasteiger partial charge in [-0.25, -0.2) is 10.0 Å². The summed E-state index contributed by atoms with van der Waals surface area (Å²) in [6.07, 6.45) is 3.66. The number of hydrogen-bond donors (Lipinski definition) is 1. The van der Waals surface area contributed by atoms with Crippen LogP contribution in [0, 0.1) is 5.92 Å². The number of fused-ring (bicyclic) bond motifs is 1. The highest BCUT2D eigenvalue weighted by molar-refractivity contribution is 5.69. The van der Waals surface area contributed by atoms with Crippen molar-refractivity contribution in [3.05, 3.63) is 35.4 Å². The van der Waals surface area contributed by atoms with Gasteiger partial charge in [0.15, 0.2) is 0 Å². The maximum absolute atomic E-state index is 11.1. The van der Waals surface area contributed by atoms with Gasteiger partial charge >= 0.3 is 5.97 Å². The Morgan fingerprint density at radius 1 is 1.05 bits per heavy atom. The molecule has 0 bridgehead atoms. The zero-order chi connectivity index (χ0) is 13.9. The zero-order valence-electron chi connectivity index (χ0n) is 11.8. The number of hydrogen-bond acceptors (Lipinski definition) is 3. The number of rotatable bonds is 2. The predicted molar refractivity (Wildman–Crippen MR) is 77.1 cm³/mol. The molecule has 1 saturated heterocycles. The van der Waals surface area contributed by atoms with Gasteiger partial charge in [-0.15, -0.1) is 0 Å².